The molecule has 0 bridgehead atoms. The molecular weight excluding hydrogens is 336 g/mol. The van der Waals surface area contributed by atoms with Crippen LogP contribution in [-0.2, 0) is 14.8 Å². The summed E-state index contributed by atoms with van der Waals surface area (Å²) in [5.41, 5.74) is -1.39. The Kier molecular flexibility index (Phi) is 3.93. The number of halogens is 1. The van der Waals surface area contributed by atoms with Crippen molar-refractivity contribution in [3.05, 3.63) is 22.9 Å². The summed E-state index contributed by atoms with van der Waals surface area (Å²) in [7, 11) is -3.89. The highest BCUT2D eigenvalue weighted by Gasteiger charge is 2.44. The van der Waals surface area contributed by atoms with E-state index >= 15 is 0 Å². The minimum absolute atomic E-state index is 0.0469. The highest BCUT2D eigenvalue weighted by Crippen LogP contribution is 2.31. The lowest BCUT2D eigenvalue weighted by atomic mass is 10.0. The zero-order valence-corrected chi connectivity index (χ0v) is 12.4. The lowest BCUT2D eigenvalue weighted by Gasteiger charge is -2.24. The van der Waals surface area contributed by atoms with Crippen LogP contribution in [0.15, 0.2) is 27.8 Å². The molecule has 0 aliphatic heterocycles. The Labute approximate surface area is 119 Å². The van der Waals surface area contributed by atoms with E-state index in [-0.39, 0.29) is 4.90 Å². The normalized spacial score (nSPS) is 18.4. The first-order chi connectivity index (χ1) is 8.86. The fourth-order valence-electron chi connectivity index (χ4n) is 2.19. The van der Waals surface area contributed by atoms with Gasteiger partial charge in [0.05, 0.1) is 0 Å². The Bertz CT molecular complexity index is 596. The third kappa shape index (κ3) is 2.96. The second kappa shape index (κ2) is 5.18. The molecule has 104 valence electrons. The van der Waals surface area contributed by atoms with Gasteiger partial charge in [0.15, 0.2) is 0 Å². The van der Waals surface area contributed by atoms with Gasteiger partial charge in [-0.25, -0.2) is 8.42 Å². The molecule has 0 radical (unpaired) electrons. The van der Waals surface area contributed by atoms with Gasteiger partial charge in [-0.3, -0.25) is 9.78 Å². The van der Waals surface area contributed by atoms with Gasteiger partial charge in [-0.15, -0.1) is 0 Å². The molecule has 1 saturated carbocycles. The number of carboxylic acids is 1. The molecule has 0 spiro atoms. The standard InChI is InChI=1S/C11H13BrN2O4S/c12-8-5-9(7-13-6-8)19(17,18)14-11(10(15)16)3-1-2-4-11/h5-7,14H,1-4H2,(H,15,16). The highest BCUT2D eigenvalue weighted by atomic mass is 79.9. The number of carboxylic acid groups (broad SMARTS) is 1. The van der Waals surface area contributed by atoms with Gasteiger partial charge in [0, 0.05) is 16.9 Å². The maximum atomic E-state index is 12.2. The van der Waals surface area contributed by atoms with E-state index < -0.39 is 21.5 Å². The van der Waals surface area contributed by atoms with Gasteiger partial charge in [0.1, 0.15) is 10.4 Å². The fourth-order valence-corrected chi connectivity index (χ4v) is 4.12. The molecule has 1 aromatic rings. The molecule has 19 heavy (non-hydrogen) atoms. The number of carbonyl (C=O) groups is 1. The van der Waals surface area contributed by atoms with Gasteiger partial charge in [0.2, 0.25) is 10.0 Å². The first-order valence-electron chi connectivity index (χ1n) is 5.74. The summed E-state index contributed by atoms with van der Waals surface area (Å²) in [6, 6.07) is 1.39. The van der Waals surface area contributed by atoms with Crippen LogP contribution in [0.4, 0.5) is 0 Å². The average Bonchev–Trinajstić information content (AvgIpc) is 2.78. The Hall–Kier alpha value is -0.990. The van der Waals surface area contributed by atoms with Crippen molar-refractivity contribution < 1.29 is 18.3 Å². The van der Waals surface area contributed by atoms with Crippen molar-refractivity contribution in [2.75, 3.05) is 0 Å². The van der Waals surface area contributed by atoms with Crippen molar-refractivity contribution in [3.8, 4) is 0 Å². The van der Waals surface area contributed by atoms with Crippen LogP contribution in [0.25, 0.3) is 0 Å². The number of nitrogens with zero attached hydrogens (tertiary/aromatic N) is 1. The largest absolute Gasteiger partial charge is 0.480 e. The molecule has 1 fully saturated rings. The average molecular weight is 349 g/mol. The molecule has 0 amide bonds. The quantitative estimate of drug-likeness (QED) is 0.859. The fraction of sp³-hybridized carbons (Fsp3) is 0.455. The number of aliphatic carboxylic acids is 1. The van der Waals surface area contributed by atoms with Crippen molar-refractivity contribution in [2.45, 2.75) is 36.1 Å². The molecule has 6 nitrogen and oxygen atoms in total. The Morgan fingerprint density at radius 3 is 2.53 bits per heavy atom. The monoisotopic (exact) mass is 348 g/mol. The number of hydrogen-bond acceptors (Lipinski definition) is 4. The van der Waals surface area contributed by atoms with Crippen LogP contribution >= 0.6 is 15.9 Å². The molecule has 1 heterocycles. The number of nitrogens with one attached hydrogen (secondary N) is 1. The van der Waals surface area contributed by atoms with E-state index in [1.165, 1.54) is 18.5 Å². The van der Waals surface area contributed by atoms with E-state index in [9.17, 15) is 18.3 Å². The second-order valence-corrected chi connectivity index (χ2v) is 7.14. The van der Waals surface area contributed by atoms with Gasteiger partial charge >= 0.3 is 5.97 Å². The highest BCUT2D eigenvalue weighted by molar-refractivity contribution is 9.10. The van der Waals surface area contributed by atoms with E-state index in [1.54, 1.807) is 0 Å². The molecule has 2 rings (SSSR count). The predicted molar refractivity (Wildman–Crippen MR) is 71.1 cm³/mol. The molecule has 8 heteroatoms. The van der Waals surface area contributed by atoms with Crippen LogP contribution in [0, 0.1) is 0 Å². The minimum Gasteiger partial charge on any atom is -0.480 e. The topological polar surface area (TPSA) is 96.4 Å². The number of sulfonamides is 1. The van der Waals surface area contributed by atoms with Crippen molar-refractivity contribution in [1.29, 1.82) is 0 Å². The van der Waals surface area contributed by atoms with Crippen LogP contribution in [0.3, 0.4) is 0 Å². The van der Waals surface area contributed by atoms with Crippen molar-refractivity contribution >= 4 is 31.9 Å². The lowest BCUT2D eigenvalue weighted by molar-refractivity contribution is -0.143. The van der Waals surface area contributed by atoms with Crippen LogP contribution in [-0.4, -0.2) is 30.0 Å². The van der Waals surface area contributed by atoms with Crippen LogP contribution < -0.4 is 4.72 Å². The van der Waals surface area contributed by atoms with E-state index in [0.29, 0.717) is 30.2 Å². The van der Waals surface area contributed by atoms with Gasteiger partial charge in [0.25, 0.3) is 0 Å². The number of hydrogen-bond donors (Lipinski definition) is 2. The van der Waals surface area contributed by atoms with Crippen molar-refractivity contribution in [2.24, 2.45) is 0 Å². The summed E-state index contributed by atoms with van der Waals surface area (Å²) in [4.78, 5) is 15.1. The zero-order valence-electron chi connectivity index (χ0n) is 9.97. The molecule has 0 saturated heterocycles. The first kappa shape index (κ1) is 14.4. The number of rotatable bonds is 4. The predicted octanol–water partition coefficient (Wildman–Crippen LogP) is 1.52. The summed E-state index contributed by atoms with van der Waals surface area (Å²) in [6.45, 7) is 0. The van der Waals surface area contributed by atoms with Gasteiger partial charge in [-0.05, 0) is 34.8 Å². The molecule has 1 aliphatic carbocycles. The summed E-state index contributed by atoms with van der Waals surface area (Å²) < 4.78 is 27.3. The number of aromatic nitrogens is 1. The van der Waals surface area contributed by atoms with Crippen molar-refractivity contribution in [1.82, 2.24) is 9.71 Å². The molecule has 1 aromatic heterocycles. The van der Waals surface area contributed by atoms with E-state index in [0.717, 1.165) is 0 Å². The summed E-state index contributed by atoms with van der Waals surface area (Å²) in [6.07, 6.45) is 4.67. The Balaban J connectivity index is 2.33. The molecular formula is C11H13BrN2O4S. The molecule has 2 N–H and O–H groups in total. The molecule has 1 aliphatic rings. The lowest BCUT2D eigenvalue weighted by Crippen LogP contribution is -2.52. The smallest absolute Gasteiger partial charge is 0.324 e. The second-order valence-electron chi connectivity index (χ2n) is 4.54. The van der Waals surface area contributed by atoms with E-state index in [2.05, 4.69) is 25.6 Å². The first-order valence-corrected chi connectivity index (χ1v) is 8.01. The molecule has 0 unspecified atom stereocenters. The van der Waals surface area contributed by atoms with Crippen LogP contribution in [0.2, 0.25) is 0 Å². The molecule has 0 aromatic carbocycles. The Morgan fingerprint density at radius 1 is 1.37 bits per heavy atom. The number of pyridine rings is 1. The third-order valence-electron chi connectivity index (χ3n) is 3.19. The van der Waals surface area contributed by atoms with E-state index in [4.69, 9.17) is 0 Å². The summed E-state index contributed by atoms with van der Waals surface area (Å²) in [5.74, 6) is -1.13. The SMILES string of the molecule is O=C(O)C1(NS(=O)(=O)c2cncc(Br)c2)CCCC1. The van der Waals surface area contributed by atoms with Gasteiger partial charge in [-0.1, -0.05) is 12.8 Å². The Morgan fingerprint density at radius 2 is 2.00 bits per heavy atom. The van der Waals surface area contributed by atoms with Crippen molar-refractivity contribution in [3.63, 3.8) is 0 Å². The summed E-state index contributed by atoms with van der Waals surface area (Å²) in [5, 5.41) is 9.28. The van der Waals surface area contributed by atoms with Crippen LogP contribution in [0.1, 0.15) is 25.7 Å². The minimum atomic E-state index is -3.89. The summed E-state index contributed by atoms with van der Waals surface area (Å²) >= 11 is 3.14. The zero-order chi connectivity index (χ0) is 14.1. The maximum absolute atomic E-state index is 12.2. The van der Waals surface area contributed by atoms with Crippen LogP contribution in [0.5, 0.6) is 0 Å². The molecule has 0 atom stereocenters. The van der Waals surface area contributed by atoms with Gasteiger partial charge in [-0.2, -0.15) is 4.72 Å². The van der Waals surface area contributed by atoms with Gasteiger partial charge < -0.3 is 5.11 Å². The van der Waals surface area contributed by atoms with E-state index in [1.807, 2.05) is 0 Å². The maximum Gasteiger partial charge on any atom is 0.324 e. The third-order valence-corrected chi connectivity index (χ3v) is 5.12.